The zero-order chi connectivity index (χ0) is 21.0. The molecule has 156 valence electrons. The molecule has 1 aromatic carbocycles. The molecule has 1 amide bonds. The monoisotopic (exact) mass is 423 g/mol. The quantitative estimate of drug-likeness (QED) is 0.593. The Balaban J connectivity index is 1.41. The van der Waals surface area contributed by atoms with E-state index in [4.69, 9.17) is 4.98 Å². The molecule has 0 saturated heterocycles. The van der Waals surface area contributed by atoms with E-state index in [-0.39, 0.29) is 23.0 Å². The van der Waals surface area contributed by atoms with Crippen molar-refractivity contribution >= 4 is 28.7 Å². The van der Waals surface area contributed by atoms with Gasteiger partial charge in [0.1, 0.15) is 5.39 Å². The normalized spacial score (nSPS) is 18.5. The van der Waals surface area contributed by atoms with Crippen LogP contribution in [0.1, 0.15) is 44.4 Å². The first kappa shape index (κ1) is 19.4. The molecule has 2 aliphatic heterocycles. The largest absolute Gasteiger partial charge is 0.338 e. The fraction of sp³-hybridized carbons (Fsp3) is 0.455. The van der Waals surface area contributed by atoms with Crippen LogP contribution in [-0.4, -0.2) is 42.4 Å². The van der Waals surface area contributed by atoms with Crippen LogP contribution < -0.4 is 5.56 Å². The number of hydrogen-bond donors (Lipinski definition) is 0. The molecular weight excluding hydrogens is 398 g/mol. The molecule has 4 heterocycles. The number of benzene rings is 1. The minimum atomic E-state index is -0.261. The van der Waals surface area contributed by atoms with Crippen LogP contribution in [0.2, 0.25) is 0 Å². The molecule has 2 aromatic heterocycles. The number of hydrogen-bond acceptors (Lipinski definition) is 5. The highest BCUT2D eigenvalue weighted by Crippen LogP contribution is 2.34. The van der Waals surface area contributed by atoms with Gasteiger partial charge in [0.2, 0.25) is 5.91 Å². The Hall–Kier alpha value is -2.61. The van der Waals surface area contributed by atoms with Gasteiger partial charge in [0, 0.05) is 25.3 Å². The maximum atomic E-state index is 13.2. The van der Waals surface area contributed by atoms with E-state index in [1.54, 1.807) is 27.2 Å². The number of fused-ring (bicyclic) bond motifs is 3. The maximum absolute atomic E-state index is 13.2. The molecule has 5 rings (SSSR count). The third-order valence-electron chi connectivity index (χ3n) is 5.90. The predicted octanol–water partition coefficient (Wildman–Crippen LogP) is 2.97. The molecule has 0 N–H and O–H groups in total. The summed E-state index contributed by atoms with van der Waals surface area (Å²) in [7, 11) is 0. The van der Waals surface area contributed by atoms with Crippen LogP contribution >= 0.6 is 11.8 Å². The SMILES string of the molecule is CC(C)(C)n1ncc2c(=O)n3c(nc21)SCC3CC(=O)N1CCc2ccccc2C1. The summed E-state index contributed by atoms with van der Waals surface area (Å²) in [6, 6.07) is 8.12. The zero-order valence-corrected chi connectivity index (χ0v) is 18.3. The van der Waals surface area contributed by atoms with Crippen molar-refractivity contribution < 1.29 is 4.79 Å². The molecule has 30 heavy (non-hydrogen) atoms. The third kappa shape index (κ3) is 3.14. The van der Waals surface area contributed by atoms with E-state index in [2.05, 4.69) is 17.2 Å². The second kappa shape index (κ2) is 6.97. The fourth-order valence-electron chi connectivity index (χ4n) is 4.31. The van der Waals surface area contributed by atoms with Gasteiger partial charge in [0.25, 0.3) is 5.56 Å². The summed E-state index contributed by atoms with van der Waals surface area (Å²) in [5.41, 5.74) is 2.79. The lowest BCUT2D eigenvalue weighted by Gasteiger charge is -2.29. The van der Waals surface area contributed by atoms with E-state index in [0.29, 0.717) is 34.9 Å². The van der Waals surface area contributed by atoms with Crippen molar-refractivity contribution in [3.8, 4) is 0 Å². The number of carbonyl (C=O) groups excluding carboxylic acids is 1. The molecule has 0 radical (unpaired) electrons. The second-order valence-corrected chi connectivity index (χ2v) is 10.0. The minimum absolute atomic E-state index is 0.0975. The van der Waals surface area contributed by atoms with Crippen molar-refractivity contribution in [1.82, 2.24) is 24.2 Å². The topological polar surface area (TPSA) is 73.0 Å². The van der Waals surface area contributed by atoms with E-state index in [9.17, 15) is 9.59 Å². The molecule has 0 spiro atoms. The highest BCUT2D eigenvalue weighted by Gasteiger charge is 2.32. The van der Waals surface area contributed by atoms with Gasteiger partial charge in [0.15, 0.2) is 10.8 Å². The lowest BCUT2D eigenvalue weighted by Crippen LogP contribution is -2.38. The molecule has 1 atom stereocenters. The van der Waals surface area contributed by atoms with Gasteiger partial charge in [-0.2, -0.15) is 5.10 Å². The molecule has 0 saturated carbocycles. The molecule has 0 bridgehead atoms. The number of aromatic nitrogens is 4. The Morgan fingerprint density at radius 2 is 2.00 bits per heavy atom. The first-order chi connectivity index (χ1) is 14.3. The number of rotatable bonds is 2. The van der Waals surface area contributed by atoms with Crippen molar-refractivity contribution in [3.63, 3.8) is 0 Å². The number of carbonyl (C=O) groups is 1. The Morgan fingerprint density at radius 3 is 2.77 bits per heavy atom. The van der Waals surface area contributed by atoms with Crippen molar-refractivity contribution in [1.29, 1.82) is 0 Å². The molecule has 0 fully saturated rings. The number of nitrogens with zero attached hydrogens (tertiary/aromatic N) is 5. The summed E-state index contributed by atoms with van der Waals surface area (Å²) >= 11 is 1.54. The molecule has 8 heteroatoms. The standard InChI is InChI=1S/C22H25N5O2S/c1-22(2,3)27-19-17(11-23-27)20(29)26-16(13-30-21(26)24-19)10-18(28)25-9-8-14-6-4-5-7-15(14)12-25/h4-7,11,16H,8-10,12-13H2,1-3H3. The summed E-state index contributed by atoms with van der Waals surface area (Å²) in [4.78, 5) is 32.9. The van der Waals surface area contributed by atoms with E-state index in [0.717, 1.165) is 13.0 Å². The molecule has 7 nitrogen and oxygen atoms in total. The Kier molecular flexibility index (Phi) is 4.50. The molecule has 0 aliphatic carbocycles. The first-order valence-electron chi connectivity index (χ1n) is 10.3. The van der Waals surface area contributed by atoms with E-state index >= 15 is 0 Å². The van der Waals surface area contributed by atoms with Crippen LogP contribution in [-0.2, 0) is 23.3 Å². The lowest BCUT2D eigenvalue weighted by atomic mass is 9.99. The van der Waals surface area contributed by atoms with Gasteiger partial charge in [0.05, 0.1) is 17.8 Å². The number of amides is 1. The van der Waals surface area contributed by atoms with Crippen molar-refractivity contribution in [2.45, 2.75) is 56.9 Å². The smallest absolute Gasteiger partial charge is 0.265 e. The van der Waals surface area contributed by atoms with Crippen LogP contribution in [0, 0.1) is 0 Å². The Bertz CT molecular complexity index is 1210. The highest BCUT2D eigenvalue weighted by molar-refractivity contribution is 7.99. The average Bonchev–Trinajstić information content (AvgIpc) is 3.32. The van der Waals surface area contributed by atoms with Crippen LogP contribution in [0.25, 0.3) is 11.0 Å². The van der Waals surface area contributed by atoms with Gasteiger partial charge in [-0.25, -0.2) is 9.67 Å². The lowest BCUT2D eigenvalue weighted by molar-refractivity contribution is -0.132. The first-order valence-corrected chi connectivity index (χ1v) is 11.3. The van der Waals surface area contributed by atoms with Gasteiger partial charge in [-0.3, -0.25) is 14.2 Å². The van der Waals surface area contributed by atoms with Gasteiger partial charge in [-0.1, -0.05) is 36.0 Å². The summed E-state index contributed by atoms with van der Waals surface area (Å²) in [5, 5.41) is 5.60. The molecule has 3 aromatic rings. The Morgan fingerprint density at radius 1 is 1.23 bits per heavy atom. The van der Waals surface area contributed by atoms with Crippen LogP contribution in [0.4, 0.5) is 0 Å². The minimum Gasteiger partial charge on any atom is -0.338 e. The van der Waals surface area contributed by atoms with Gasteiger partial charge >= 0.3 is 0 Å². The summed E-state index contributed by atoms with van der Waals surface area (Å²) in [6.45, 7) is 7.49. The molecule has 1 unspecified atom stereocenters. The fourth-order valence-corrected chi connectivity index (χ4v) is 5.44. The maximum Gasteiger partial charge on any atom is 0.265 e. The van der Waals surface area contributed by atoms with Crippen molar-refractivity contribution in [2.75, 3.05) is 12.3 Å². The average molecular weight is 424 g/mol. The van der Waals surface area contributed by atoms with Crippen molar-refractivity contribution in [3.05, 3.63) is 51.9 Å². The summed E-state index contributed by atoms with van der Waals surface area (Å²) in [6.07, 6.45) is 2.81. The Labute approximate surface area is 179 Å². The van der Waals surface area contributed by atoms with Gasteiger partial charge < -0.3 is 4.90 Å². The van der Waals surface area contributed by atoms with Crippen LogP contribution in [0.5, 0.6) is 0 Å². The molecular formula is C22H25N5O2S. The second-order valence-electron chi connectivity index (χ2n) is 9.04. The summed E-state index contributed by atoms with van der Waals surface area (Å²) < 4.78 is 3.51. The van der Waals surface area contributed by atoms with Crippen LogP contribution in [0.3, 0.4) is 0 Å². The third-order valence-corrected chi connectivity index (χ3v) is 7.00. The van der Waals surface area contributed by atoms with Gasteiger partial charge in [-0.15, -0.1) is 0 Å². The van der Waals surface area contributed by atoms with Gasteiger partial charge in [-0.05, 0) is 38.3 Å². The van der Waals surface area contributed by atoms with Crippen molar-refractivity contribution in [2.24, 2.45) is 0 Å². The van der Waals surface area contributed by atoms with Crippen LogP contribution in [0.15, 0.2) is 40.4 Å². The zero-order valence-electron chi connectivity index (χ0n) is 17.5. The summed E-state index contributed by atoms with van der Waals surface area (Å²) in [5.74, 6) is 0.786. The van der Waals surface area contributed by atoms with E-state index in [1.807, 2.05) is 37.8 Å². The van der Waals surface area contributed by atoms with E-state index < -0.39 is 0 Å². The van der Waals surface area contributed by atoms with E-state index in [1.165, 1.54) is 11.1 Å². The predicted molar refractivity (Wildman–Crippen MR) is 117 cm³/mol. The highest BCUT2D eigenvalue weighted by atomic mass is 32.2. The number of thioether (sulfide) groups is 1. The molecule has 2 aliphatic rings.